The van der Waals surface area contributed by atoms with Crippen LogP contribution in [0.2, 0.25) is 0 Å². The largest absolute Gasteiger partial charge is 0.273 e. The van der Waals surface area contributed by atoms with Gasteiger partial charge >= 0.3 is 0 Å². The quantitative estimate of drug-likeness (QED) is 0.616. The van der Waals surface area contributed by atoms with Gasteiger partial charge in [0, 0.05) is 29.6 Å². The Bertz CT molecular complexity index is 1010. The van der Waals surface area contributed by atoms with Crippen LogP contribution in [0.3, 0.4) is 0 Å². The SMILES string of the molecule is CC(=O)N1N=C(c2ccc(Br)cc2)C[C@H]1c1cn(-c2ccccc2)nc1C. The third kappa shape index (κ3) is 3.45. The maximum absolute atomic E-state index is 12.2. The van der Waals surface area contributed by atoms with Crippen LogP contribution in [-0.2, 0) is 4.79 Å². The van der Waals surface area contributed by atoms with E-state index in [0.717, 1.165) is 32.7 Å². The van der Waals surface area contributed by atoms with Crippen molar-refractivity contribution < 1.29 is 4.79 Å². The fraction of sp³-hybridized carbons (Fsp3) is 0.190. The minimum Gasteiger partial charge on any atom is -0.273 e. The number of benzene rings is 2. The van der Waals surface area contributed by atoms with Crippen LogP contribution < -0.4 is 0 Å². The highest BCUT2D eigenvalue weighted by Gasteiger charge is 2.33. The molecule has 6 heteroatoms. The molecule has 1 aliphatic heterocycles. The normalized spacial score (nSPS) is 16.5. The second kappa shape index (κ2) is 7.12. The van der Waals surface area contributed by atoms with Crippen LogP contribution in [0.1, 0.15) is 36.2 Å². The molecule has 0 aliphatic carbocycles. The van der Waals surface area contributed by atoms with Gasteiger partial charge in [0.1, 0.15) is 0 Å². The first-order chi connectivity index (χ1) is 13.0. The van der Waals surface area contributed by atoms with Gasteiger partial charge in [0.25, 0.3) is 0 Å². The van der Waals surface area contributed by atoms with E-state index in [1.165, 1.54) is 0 Å². The zero-order chi connectivity index (χ0) is 19.0. The van der Waals surface area contributed by atoms with Crippen LogP contribution in [0.25, 0.3) is 5.69 Å². The van der Waals surface area contributed by atoms with Crippen LogP contribution in [0.5, 0.6) is 0 Å². The van der Waals surface area contributed by atoms with Gasteiger partial charge in [0.15, 0.2) is 0 Å². The first-order valence-corrected chi connectivity index (χ1v) is 9.57. The standard InChI is InChI=1S/C21H19BrN4O/c1-14-19(13-25(23-14)18-6-4-3-5-7-18)21-12-20(24-26(21)15(2)27)16-8-10-17(22)11-9-16/h3-11,13,21H,12H2,1-2H3/t21-/m0/s1. The lowest BCUT2D eigenvalue weighted by Gasteiger charge is -2.19. The molecule has 1 aliphatic rings. The molecule has 1 atom stereocenters. The summed E-state index contributed by atoms with van der Waals surface area (Å²) in [5.41, 5.74) is 4.86. The van der Waals surface area contributed by atoms with Gasteiger partial charge < -0.3 is 0 Å². The maximum atomic E-state index is 12.2. The van der Waals surface area contributed by atoms with E-state index in [0.29, 0.717) is 6.42 Å². The van der Waals surface area contributed by atoms with Crippen molar-refractivity contribution in [2.45, 2.75) is 26.3 Å². The molecular formula is C21H19BrN4O. The number of aryl methyl sites for hydroxylation is 1. The third-order valence-corrected chi connectivity index (χ3v) is 5.26. The number of hydrazone groups is 1. The molecule has 5 nitrogen and oxygen atoms in total. The van der Waals surface area contributed by atoms with Crippen molar-refractivity contribution in [1.82, 2.24) is 14.8 Å². The summed E-state index contributed by atoms with van der Waals surface area (Å²) in [5.74, 6) is -0.0704. The summed E-state index contributed by atoms with van der Waals surface area (Å²) in [7, 11) is 0. The molecule has 27 heavy (non-hydrogen) atoms. The topological polar surface area (TPSA) is 50.5 Å². The average Bonchev–Trinajstić information content (AvgIpc) is 3.27. The van der Waals surface area contributed by atoms with Gasteiger partial charge in [0.05, 0.1) is 23.1 Å². The lowest BCUT2D eigenvalue weighted by molar-refractivity contribution is -0.130. The number of halogens is 1. The molecule has 1 amide bonds. The molecule has 0 fully saturated rings. The van der Waals surface area contributed by atoms with Crippen molar-refractivity contribution in [1.29, 1.82) is 0 Å². The van der Waals surface area contributed by atoms with Crippen molar-refractivity contribution >= 4 is 27.5 Å². The van der Waals surface area contributed by atoms with Crippen molar-refractivity contribution in [3.63, 3.8) is 0 Å². The van der Waals surface area contributed by atoms with Gasteiger partial charge in [-0.1, -0.05) is 46.3 Å². The van der Waals surface area contributed by atoms with E-state index in [9.17, 15) is 4.79 Å². The van der Waals surface area contributed by atoms with Crippen molar-refractivity contribution in [2.75, 3.05) is 0 Å². The van der Waals surface area contributed by atoms with Gasteiger partial charge in [0.2, 0.25) is 5.91 Å². The highest BCUT2D eigenvalue weighted by atomic mass is 79.9. The van der Waals surface area contributed by atoms with Crippen LogP contribution in [0.4, 0.5) is 0 Å². The van der Waals surface area contributed by atoms with Gasteiger partial charge in [-0.25, -0.2) is 9.69 Å². The molecule has 3 aromatic rings. The summed E-state index contributed by atoms with van der Waals surface area (Å²) in [4.78, 5) is 12.2. The Hall–Kier alpha value is -2.73. The summed E-state index contributed by atoms with van der Waals surface area (Å²) in [6, 6.07) is 17.8. The van der Waals surface area contributed by atoms with Crippen molar-refractivity contribution in [3.05, 3.63) is 82.1 Å². The molecular weight excluding hydrogens is 404 g/mol. The molecule has 0 unspecified atom stereocenters. The van der Waals surface area contributed by atoms with Gasteiger partial charge in [-0.15, -0.1) is 0 Å². The predicted octanol–water partition coefficient (Wildman–Crippen LogP) is 4.64. The van der Waals surface area contributed by atoms with E-state index in [1.54, 1.807) is 11.9 Å². The van der Waals surface area contributed by atoms with E-state index in [-0.39, 0.29) is 11.9 Å². The molecule has 0 bridgehead atoms. The number of hydrogen-bond acceptors (Lipinski definition) is 3. The van der Waals surface area contributed by atoms with Gasteiger partial charge in [-0.3, -0.25) is 4.79 Å². The monoisotopic (exact) mass is 422 g/mol. The van der Waals surface area contributed by atoms with Gasteiger partial charge in [-0.2, -0.15) is 10.2 Å². The molecule has 2 heterocycles. The molecule has 4 rings (SSSR count). The number of carbonyl (C=O) groups excluding carboxylic acids is 1. The molecule has 0 N–H and O–H groups in total. The van der Waals surface area contributed by atoms with Crippen molar-refractivity contribution in [2.24, 2.45) is 5.10 Å². The number of nitrogens with zero attached hydrogens (tertiary/aromatic N) is 4. The molecule has 1 aromatic heterocycles. The Morgan fingerprint density at radius 1 is 1.11 bits per heavy atom. The van der Waals surface area contributed by atoms with E-state index in [1.807, 2.05) is 72.4 Å². The second-order valence-electron chi connectivity index (χ2n) is 6.59. The second-order valence-corrected chi connectivity index (χ2v) is 7.50. The first-order valence-electron chi connectivity index (χ1n) is 8.78. The summed E-state index contributed by atoms with van der Waals surface area (Å²) in [5, 5.41) is 10.8. The highest BCUT2D eigenvalue weighted by molar-refractivity contribution is 9.10. The number of hydrogen-bond donors (Lipinski definition) is 0. The predicted molar refractivity (Wildman–Crippen MR) is 109 cm³/mol. The zero-order valence-electron chi connectivity index (χ0n) is 15.1. The van der Waals surface area contributed by atoms with E-state index >= 15 is 0 Å². The average molecular weight is 423 g/mol. The molecule has 136 valence electrons. The zero-order valence-corrected chi connectivity index (χ0v) is 16.7. The van der Waals surface area contributed by atoms with Crippen LogP contribution in [0.15, 0.2) is 70.4 Å². The maximum Gasteiger partial charge on any atom is 0.240 e. The van der Waals surface area contributed by atoms with Crippen molar-refractivity contribution in [3.8, 4) is 5.69 Å². The fourth-order valence-electron chi connectivity index (χ4n) is 3.37. The lowest BCUT2D eigenvalue weighted by Crippen LogP contribution is -2.24. The van der Waals surface area contributed by atoms with E-state index in [4.69, 9.17) is 0 Å². The summed E-state index contributed by atoms with van der Waals surface area (Å²) < 4.78 is 2.88. The van der Waals surface area contributed by atoms with E-state index < -0.39 is 0 Å². The summed E-state index contributed by atoms with van der Waals surface area (Å²) in [6.45, 7) is 3.53. The summed E-state index contributed by atoms with van der Waals surface area (Å²) in [6.07, 6.45) is 2.67. The Morgan fingerprint density at radius 2 is 1.81 bits per heavy atom. The highest BCUT2D eigenvalue weighted by Crippen LogP contribution is 2.34. The summed E-state index contributed by atoms with van der Waals surface area (Å²) >= 11 is 3.46. The minimum absolute atomic E-state index is 0.0704. The molecule has 0 saturated heterocycles. The first kappa shape index (κ1) is 17.7. The fourth-order valence-corrected chi connectivity index (χ4v) is 3.64. The third-order valence-electron chi connectivity index (χ3n) is 4.73. The smallest absolute Gasteiger partial charge is 0.240 e. The Kier molecular flexibility index (Phi) is 4.66. The van der Waals surface area contributed by atoms with Crippen LogP contribution >= 0.6 is 15.9 Å². The van der Waals surface area contributed by atoms with Crippen LogP contribution in [0, 0.1) is 6.92 Å². The number of para-hydroxylation sites is 1. The molecule has 0 radical (unpaired) electrons. The number of amides is 1. The Balaban J connectivity index is 1.68. The molecule has 0 saturated carbocycles. The van der Waals surface area contributed by atoms with Gasteiger partial charge in [-0.05, 0) is 36.8 Å². The number of rotatable bonds is 3. The Labute approximate surface area is 166 Å². The lowest BCUT2D eigenvalue weighted by atomic mass is 9.99. The molecule has 2 aromatic carbocycles. The minimum atomic E-state index is -0.140. The Morgan fingerprint density at radius 3 is 2.48 bits per heavy atom. The van der Waals surface area contributed by atoms with E-state index in [2.05, 4.69) is 26.1 Å². The van der Waals surface area contributed by atoms with Crippen LogP contribution in [-0.4, -0.2) is 26.4 Å². The number of carbonyl (C=O) groups is 1. The number of aromatic nitrogens is 2. The molecule has 0 spiro atoms.